The Kier molecular flexibility index (Phi) is 6.91. The van der Waals surface area contributed by atoms with E-state index >= 15 is 0 Å². The van der Waals surface area contributed by atoms with Crippen molar-refractivity contribution in [1.82, 2.24) is 20.1 Å². The molecule has 7 nitrogen and oxygen atoms in total. The van der Waals surface area contributed by atoms with E-state index < -0.39 is 17.6 Å². The molecule has 1 amide bonds. The van der Waals surface area contributed by atoms with Gasteiger partial charge in [-0.25, -0.2) is 9.67 Å². The largest absolute Gasteiger partial charge is 0.493 e. The molecule has 2 aromatic heterocycles. The lowest BCUT2D eigenvalue weighted by atomic mass is 10.2. The lowest BCUT2D eigenvalue weighted by molar-refractivity contribution is -0.137. The van der Waals surface area contributed by atoms with Crippen LogP contribution in [0.3, 0.4) is 0 Å². The van der Waals surface area contributed by atoms with Gasteiger partial charge in [0.1, 0.15) is 5.82 Å². The third-order valence-electron chi connectivity index (χ3n) is 4.06. The predicted octanol–water partition coefficient (Wildman–Crippen LogP) is 4.44. The van der Waals surface area contributed by atoms with Crippen LogP contribution < -0.4 is 15.4 Å². The summed E-state index contributed by atoms with van der Waals surface area (Å²) in [5, 5.41) is 10.4. The number of aromatic nitrogens is 3. The van der Waals surface area contributed by atoms with Crippen molar-refractivity contribution in [2.45, 2.75) is 6.18 Å². The zero-order valence-electron chi connectivity index (χ0n) is 16.0. The van der Waals surface area contributed by atoms with Gasteiger partial charge in [0.2, 0.25) is 0 Å². The Labute approximate surface area is 185 Å². The number of benzene rings is 1. The summed E-state index contributed by atoms with van der Waals surface area (Å²) < 4.78 is 45.2. The van der Waals surface area contributed by atoms with E-state index in [1.807, 2.05) is 0 Å². The van der Waals surface area contributed by atoms with Crippen LogP contribution in [-0.4, -0.2) is 40.9 Å². The average molecular weight is 474 g/mol. The fourth-order valence-electron chi connectivity index (χ4n) is 2.61. The Morgan fingerprint density at radius 1 is 1.23 bits per heavy atom. The highest BCUT2D eigenvalue weighted by molar-refractivity contribution is 6.35. The van der Waals surface area contributed by atoms with Gasteiger partial charge in [-0.05, 0) is 24.3 Å². The number of carbonyl (C=O) groups excluding carboxylic acids is 1. The minimum atomic E-state index is -4.50. The first kappa shape index (κ1) is 22.7. The number of carbonyl (C=O) groups is 1. The fourth-order valence-corrected chi connectivity index (χ4v) is 3.05. The molecular formula is C19H16Cl2F3N5O2. The molecule has 0 bridgehead atoms. The standard InChI is InChI=1S/C19H16Cl2F3N5O2/c1-31-15-10-29(13-4-2-3-11(7-13)19(22,23)24)28-16(15)18(30)26-6-5-25-17-14(21)8-12(20)9-27-17/h2-4,7-10H,5-6H2,1H3,(H,25,27)(H,26,30). The van der Waals surface area contributed by atoms with E-state index in [0.29, 0.717) is 22.4 Å². The first-order chi connectivity index (χ1) is 14.7. The second-order valence-corrected chi connectivity index (χ2v) is 7.05. The summed E-state index contributed by atoms with van der Waals surface area (Å²) in [5.74, 6) is -0.0310. The van der Waals surface area contributed by atoms with Crippen molar-refractivity contribution in [3.8, 4) is 11.4 Å². The number of amides is 1. The normalized spacial score (nSPS) is 11.3. The van der Waals surface area contributed by atoms with Crippen LogP contribution in [0.4, 0.5) is 19.0 Å². The van der Waals surface area contributed by atoms with E-state index in [1.165, 1.54) is 37.7 Å². The molecule has 1 aromatic carbocycles. The molecule has 0 aliphatic rings. The molecule has 31 heavy (non-hydrogen) atoms. The van der Waals surface area contributed by atoms with Crippen molar-refractivity contribution >= 4 is 34.9 Å². The smallest absolute Gasteiger partial charge is 0.416 e. The zero-order valence-corrected chi connectivity index (χ0v) is 17.5. The van der Waals surface area contributed by atoms with Crippen molar-refractivity contribution in [2.24, 2.45) is 0 Å². The van der Waals surface area contributed by atoms with Crippen molar-refractivity contribution < 1.29 is 22.7 Å². The molecular weight excluding hydrogens is 458 g/mol. The van der Waals surface area contributed by atoms with Crippen molar-refractivity contribution in [1.29, 1.82) is 0 Å². The number of nitrogens with one attached hydrogen (secondary N) is 2. The fraction of sp³-hybridized carbons (Fsp3) is 0.211. The van der Waals surface area contributed by atoms with Crippen molar-refractivity contribution in [3.05, 3.63) is 64.0 Å². The monoisotopic (exact) mass is 473 g/mol. The minimum absolute atomic E-state index is 0.0671. The van der Waals surface area contributed by atoms with Gasteiger partial charge in [0.25, 0.3) is 5.91 Å². The van der Waals surface area contributed by atoms with Crippen molar-refractivity contribution in [2.75, 3.05) is 25.5 Å². The molecule has 0 unspecified atom stereocenters. The third-order valence-corrected chi connectivity index (χ3v) is 4.56. The molecule has 2 heterocycles. The van der Waals surface area contributed by atoms with E-state index in [0.717, 1.165) is 16.8 Å². The van der Waals surface area contributed by atoms with E-state index in [9.17, 15) is 18.0 Å². The second-order valence-electron chi connectivity index (χ2n) is 6.21. The Hall–Kier alpha value is -2.98. The summed E-state index contributed by atoms with van der Waals surface area (Å²) in [6.07, 6.45) is -1.73. The van der Waals surface area contributed by atoms with Crippen LogP contribution in [-0.2, 0) is 6.18 Å². The van der Waals surface area contributed by atoms with Crippen LogP contribution >= 0.6 is 23.2 Å². The molecule has 12 heteroatoms. The van der Waals surface area contributed by atoms with Crippen LogP contribution in [0.1, 0.15) is 16.1 Å². The van der Waals surface area contributed by atoms with Gasteiger partial charge in [0.15, 0.2) is 11.4 Å². The SMILES string of the molecule is COc1cn(-c2cccc(C(F)(F)F)c2)nc1C(=O)NCCNc1ncc(Cl)cc1Cl. The Bertz CT molecular complexity index is 1090. The maximum atomic E-state index is 13.0. The molecule has 3 aromatic rings. The average Bonchev–Trinajstić information content (AvgIpc) is 3.16. The molecule has 0 aliphatic heterocycles. The molecule has 0 radical (unpaired) electrons. The van der Waals surface area contributed by atoms with Crippen LogP contribution in [0.25, 0.3) is 5.69 Å². The number of rotatable bonds is 7. The van der Waals surface area contributed by atoms with Gasteiger partial charge < -0.3 is 15.4 Å². The lowest BCUT2D eigenvalue weighted by Crippen LogP contribution is -2.29. The van der Waals surface area contributed by atoms with E-state index in [1.54, 1.807) is 0 Å². The quantitative estimate of drug-likeness (QED) is 0.495. The molecule has 164 valence electrons. The summed E-state index contributed by atoms with van der Waals surface area (Å²) >= 11 is 11.8. The van der Waals surface area contributed by atoms with E-state index in [2.05, 4.69) is 20.7 Å². The number of pyridine rings is 1. The molecule has 2 N–H and O–H groups in total. The Balaban J connectivity index is 1.67. The first-order valence-corrected chi connectivity index (χ1v) is 9.59. The highest BCUT2D eigenvalue weighted by Gasteiger charge is 2.30. The van der Waals surface area contributed by atoms with Gasteiger partial charge in [0.05, 0.1) is 34.6 Å². The molecule has 0 aliphatic carbocycles. The number of hydrogen-bond donors (Lipinski definition) is 2. The number of alkyl halides is 3. The topological polar surface area (TPSA) is 81.1 Å². The molecule has 0 atom stereocenters. The van der Waals surface area contributed by atoms with Gasteiger partial charge >= 0.3 is 6.18 Å². The van der Waals surface area contributed by atoms with Gasteiger partial charge in [-0.2, -0.15) is 18.3 Å². The predicted molar refractivity (Wildman–Crippen MR) is 110 cm³/mol. The van der Waals surface area contributed by atoms with Crippen LogP contribution in [0.2, 0.25) is 10.0 Å². The second kappa shape index (κ2) is 9.44. The Morgan fingerprint density at radius 3 is 2.68 bits per heavy atom. The van der Waals surface area contributed by atoms with Crippen LogP contribution in [0.15, 0.2) is 42.7 Å². The van der Waals surface area contributed by atoms with E-state index in [-0.39, 0.29) is 23.7 Å². The molecule has 0 spiro atoms. The van der Waals surface area contributed by atoms with E-state index in [4.69, 9.17) is 27.9 Å². The van der Waals surface area contributed by atoms with Crippen LogP contribution in [0, 0.1) is 0 Å². The highest BCUT2D eigenvalue weighted by Crippen LogP contribution is 2.30. The van der Waals surface area contributed by atoms with Gasteiger partial charge in [-0.15, -0.1) is 0 Å². The van der Waals surface area contributed by atoms with Crippen LogP contribution in [0.5, 0.6) is 5.75 Å². The molecule has 3 rings (SSSR count). The highest BCUT2D eigenvalue weighted by atomic mass is 35.5. The van der Waals surface area contributed by atoms with Crippen molar-refractivity contribution in [3.63, 3.8) is 0 Å². The number of ether oxygens (including phenoxy) is 1. The van der Waals surface area contributed by atoms with Gasteiger partial charge in [0, 0.05) is 19.3 Å². The summed E-state index contributed by atoms with van der Waals surface area (Å²) in [5.41, 5.74) is -0.758. The lowest BCUT2D eigenvalue weighted by Gasteiger charge is -2.09. The van der Waals surface area contributed by atoms with Gasteiger partial charge in [-0.3, -0.25) is 4.79 Å². The number of hydrogen-bond acceptors (Lipinski definition) is 5. The maximum absolute atomic E-state index is 13.0. The first-order valence-electron chi connectivity index (χ1n) is 8.83. The van der Waals surface area contributed by atoms with Gasteiger partial charge in [-0.1, -0.05) is 29.3 Å². The number of nitrogens with zero attached hydrogens (tertiary/aromatic N) is 3. The maximum Gasteiger partial charge on any atom is 0.416 e. The number of halogens is 5. The molecule has 0 saturated carbocycles. The molecule has 0 saturated heterocycles. The Morgan fingerprint density at radius 2 is 2.00 bits per heavy atom. The summed E-state index contributed by atoms with van der Waals surface area (Å²) in [4.78, 5) is 16.5. The number of methoxy groups -OCH3 is 1. The zero-order chi connectivity index (χ0) is 22.6. The number of anilines is 1. The summed E-state index contributed by atoms with van der Waals surface area (Å²) in [6.45, 7) is 0.496. The summed E-state index contributed by atoms with van der Waals surface area (Å²) in [7, 11) is 1.33. The third kappa shape index (κ3) is 5.59. The minimum Gasteiger partial charge on any atom is -0.493 e. The molecule has 0 fully saturated rings. The summed E-state index contributed by atoms with van der Waals surface area (Å²) in [6, 6.07) is 6.11.